The molecule has 0 unspecified atom stereocenters. The molecule has 2 aromatic carbocycles. The lowest BCUT2D eigenvalue weighted by Gasteiger charge is -2.00. The number of hydrogen-bond donors (Lipinski definition) is 1. The quantitative estimate of drug-likeness (QED) is 0.736. The lowest BCUT2D eigenvalue weighted by molar-refractivity contribution is 0.357. The first kappa shape index (κ1) is 11.4. The highest BCUT2D eigenvalue weighted by Crippen LogP contribution is 2.30. The van der Waals surface area contributed by atoms with Crippen molar-refractivity contribution in [2.75, 3.05) is 6.61 Å². The van der Waals surface area contributed by atoms with Crippen LogP contribution in [0.1, 0.15) is 5.56 Å². The van der Waals surface area contributed by atoms with Gasteiger partial charge in [-0.3, -0.25) is 0 Å². The molecule has 2 heterocycles. The molecule has 1 N–H and O–H groups in total. The van der Waals surface area contributed by atoms with Crippen molar-refractivity contribution < 1.29 is 13.5 Å². The minimum absolute atomic E-state index is 0.151. The molecule has 0 spiro atoms. The van der Waals surface area contributed by atoms with Gasteiger partial charge in [0.1, 0.15) is 22.9 Å². The third-order valence-electron chi connectivity index (χ3n) is 3.47. The van der Waals surface area contributed by atoms with Crippen molar-refractivity contribution in [3.63, 3.8) is 0 Å². The van der Waals surface area contributed by atoms with Crippen molar-refractivity contribution >= 4 is 11.0 Å². The topological polar surface area (TPSA) is 37.9 Å². The Bertz CT molecular complexity index is 826. The number of aromatic nitrogens is 2. The Labute approximate surface area is 113 Å². The van der Waals surface area contributed by atoms with Crippen LogP contribution in [0.4, 0.5) is 8.78 Å². The summed E-state index contributed by atoms with van der Waals surface area (Å²) in [6, 6.07) is 7.78. The van der Waals surface area contributed by atoms with Gasteiger partial charge in [0.2, 0.25) is 0 Å². The fraction of sp³-hybridized carbons (Fsp3) is 0.133. The van der Waals surface area contributed by atoms with Gasteiger partial charge >= 0.3 is 0 Å². The van der Waals surface area contributed by atoms with Gasteiger partial charge in [-0.1, -0.05) is 0 Å². The Balaban J connectivity index is 1.88. The van der Waals surface area contributed by atoms with Gasteiger partial charge in [0.15, 0.2) is 5.82 Å². The van der Waals surface area contributed by atoms with Gasteiger partial charge in [0.25, 0.3) is 0 Å². The molecule has 100 valence electrons. The molecule has 0 radical (unpaired) electrons. The van der Waals surface area contributed by atoms with E-state index >= 15 is 0 Å². The van der Waals surface area contributed by atoms with Crippen molar-refractivity contribution in [3.05, 3.63) is 47.5 Å². The van der Waals surface area contributed by atoms with E-state index in [2.05, 4.69) is 9.97 Å². The zero-order valence-corrected chi connectivity index (χ0v) is 10.4. The molecule has 0 aliphatic carbocycles. The summed E-state index contributed by atoms with van der Waals surface area (Å²) in [5.41, 5.74) is 2.45. The number of hydrogen-bond acceptors (Lipinski definition) is 2. The van der Waals surface area contributed by atoms with Crippen LogP contribution in [0.2, 0.25) is 0 Å². The predicted octanol–water partition coefficient (Wildman–Crippen LogP) is 3.44. The van der Waals surface area contributed by atoms with E-state index in [4.69, 9.17) is 4.74 Å². The summed E-state index contributed by atoms with van der Waals surface area (Å²) in [6.07, 6.45) is 0.854. The third kappa shape index (κ3) is 1.66. The van der Waals surface area contributed by atoms with Crippen molar-refractivity contribution in [2.45, 2.75) is 6.42 Å². The average molecular weight is 272 g/mol. The van der Waals surface area contributed by atoms with E-state index in [1.54, 1.807) is 0 Å². The largest absolute Gasteiger partial charge is 0.493 e. The molecule has 0 bridgehead atoms. The highest BCUT2D eigenvalue weighted by molar-refractivity contribution is 5.80. The van der Waals surface area contributed by atoms with Gasteiger partial charge in [0, 0.05) is 18.1 Å². The summed E-state index contributed by atoms with van der Waals surface area (Å²) in [6.45, 7) is 0.679. The van der Waals surface area contributed by atoms with Gasteiger partial charge in [0.05, 0.1) is 12.1 Å². The minimum Gasteiger partial charge on any atom is -0.493 e. The summed E-state index contributed by atoms with van der Waals surface area (Å²) in [5.74, 6) is 0.126. The summed E-state index contributed by atoms with van der Waals surface area (Å²) >= 11 is 0. The smallest absolute Gasteiger partial charge is 0.153 e. The molecule has 4 rings (SSSR count). The molecular weight excluding hydrogens is 262 g/mol. The Morgan fingerprint density at radius 3 is 2.95 bits per heavy atom. The van der Waals surface area contributed by atoms with Crippen LogP contribution in [0, 0.1) is 11.6 Å². The van der Waals surface area contributed by atoms with Crippen LogP contribution in [0.3, 0.4) is 0 Å². The number of ether oxygens (including phenoxy) is 1. The van der Waals surface area contributed by atoms with Crippen LogP contribution in [0.15, 0.2) is 30.3 Å². The standard InChI is InChI=1S/C15H10F2N2O/c16-10-6-11(17)14-12(7-10)18-15(19-14)9-1-2-13-8(5-9)3-4-20-13/h1-2,5-7H,3-4H2,(H,18,19). The van der Waals surface area contributed by atoms with Gasteiger partial charge in [-0.25, -0.2) is 13.8 Å². The molecule has 0 atom stereocenters. The van der Waals surface area contributed by atoms with Crippen molar-refractivity contribution in [1.29, 1.82) is 0 Å². The van der Waals surface area contributed by atoms with Crippen LogP contribution in [-0.2, 0) is 6.42 Å². The van der Waals surface area contributed by atoms with E-state index < -0.39 is 11.6 Å². The highest BCUT2D eigenvalue weighted by Gasteiger charge is 2.15. The Hall–Kier alpha value is -2.43. The van der Waals surface area contributed by atoms with Crippen LogP contribution >= 0.6 is 0 Å². The van der Waals surface area contributed by atoms with E-state index in [0.29, 0.717) is 17.9 Å². The zero-order valence-electron chi connectivity index (χ0n) is 10.4. The second-order valence-electron chi connectivity index (χ2n) is 4.79. The molecule has 3 aromatic rings. The average Bonchev–Trinajstić information content (AvgIpc) is 3.03. The lowest BCUT2D eigenvalue weighted by atomic mass is 10.1. The number of rotatable bonds is 1. The van der Waals surface area contributed by atoms with E-state index in [1.165, 1.54) is 6.07 Å². The molecule has 1 aliphatic rings. The maximum atomic E-state index is 13.7. The molecule has 3 nitrogen and oxygen atoms in total. The third-order valence-corrected chi connectivity index (χ3v) is 3.47. The molecular formula is C15H10F2N2O. The van der Waals surface area contributed by atoms with Crippen LogP contribution < -0.4 is 4.74 Å². The van der Waals surface area contributed by atoms with Crippen molar-refractivity contribution in [2.24, 2.45) is 0 Å². The number of H-pyrrole nitrogens is 1. The first-order valence-electron chi connectivity index (χ1n) is 6.31. The summed E-state index contributed by atoms with van der Waals surface area (Å²) in [5, 5.41) is 0. The monoisotopic (exact) mass is 272 g/mol. The first-order chi connectivity index (χ1) is 9.70. The van der Waals surface area contributed by atoms with E-state index in [-0.39, 0.29) is 5.52 Å². The van der Waals surface area contributed by atoms with Gasteiger partial charge in [-0.2, -0.15) is 0 Å². The molecule has 1 aliphatic heterocycles. The fourth-order valence-corrected chi connectivity index (χ4v) is 2.51. The maximum Gasteiger partial charge on any atom is 0.153 e. The zero-order chi connectivity index (χ0) is 13.7. The normalized spacial score (nSPS) is 13.5. The minimum atomic E-state index is -0.660. The summed E-state index contributed by atoms with van der Waals surface area (Å²) in [7, 11) is 0. The van der Waals surface area contributed by atoms with Crippen LogP contribution in [-0.4, -0.2) is 16.6 Å². The van der Waals surface area contributed by atoms with Gasteiger partial charge in [-0.15, -0.1) is 0 Å². The number of nitrogens with one attached hydrogen (secondary N) is 1. The van der Waals surface area contributed by atoms with Crippen molar-refractivity contribution in [3.8, 4) is 17.1 Å². The first-order valence-corrected chi connectivity index (χ1v) is 6.31. The molecule has 1 aromatic heterocycles. The fourth-order valence-electron chi connectivity index (χ4n) is 2.51. The van der Waals surface area contributed by atoms with Gasteiger partial charge in [-0.05, 0) is 29.8 Å². The Morgan fingerprint density at radius 2 is 2.05 bits per heavy atom. The highest BCUT2D eigenvalue weighted by atomic mass is 19.1. The van der Waals surface area contributed by atoms with E-state index in [9.17, 15) is 8.78 Å². The summed E-state index contributed by atoms with van der Waals surface area (Å²) < 4.78 is 32.3. The van der Waals surface area contributed by atoms with Crippen molar-refractivity contribution in [1.82, 2.24) is 9.97 Å². The number of imidazole rings is 1. The maximum absolute atomic E-state index is 13.7. The molecule has 20 heavy (non-hydrogen) atoms. The van der Waals surface area contributed by atoms with Crippen LogP contribution in [0.5, 0.6) is 5.75 Å². The van der Waals surface area contributed by atoms with Crippen LogP contribution in [0.25, 0.3) is 22.4 Å². The lowest BCUT2D eigenvalue weighted by Crippen LogP contribution is -1.85. The second-order valence-corrected chi connectivity index (χ2v) is 4.79. The molecule has 0 saturated carbocycles. The van der Waals surface area contributed by atoms with Gasteiger partial charge < -0.3 is 9.72 Å². The number of benzene rings is 2. The number of halogens is 2. The SMILES string of the molecule is Fc1cc(F)c2nc(-c3ccc4c(c3)CCO4)[nH]c2c1. The molecule has 0 saturated heterocycles. The number of fused-ring (bicyclic) bond motifs is 2. The number of aromatic amines is 1. The molecule has 0 amide bonds. The molecule has 0 fully saturated rings. The van der Waals surface area contributed by atoms with E-state index in [1.807, 2.05) is 18.2 Å². The van der Waals surface area contributed by atoms with E-state index in [0.717, 1.165) is 29.4 Å². The second kappa shape index (κ2) is 4.03. The molecule has 5 heteroatoms. The Morgan fingerprint density at radius 1 is 1.15 bits per heavy atom. The number of nitrogens with zero attached hydrogens (tertiary/aromatic N) is 1. The predicted molar refractivity (Wildman–Crippen MR) is 70.6 cm³/mol. The summed E-state index contributed by atoms with van der Waals surface area (Å²) in [4.78, 5) is 7.16. The Kier molecular flexibility index (Phi) is 2.30.